The van der Waals surface area contributed by atoms with Gasteiger partial charge < -0.3 is 0 Å². The second-order valence-electron chi connectivity index (χ2n) is 8.79. The summed E-state index contributed by atoms with van der Waals surface area (Å²) in [5.41, 5.74) is 0.759. The molecule has 0 saturated heterocycles. The molecule has 0 bridgehead atoms. The molecule has 1 aromatic rings. The van der Waals surface area contributed by atoms with Gasteiger partial charge in [0.1, 0.15) is 0 Å². The average molecular weight is 561 g/mol. The summed E-state index contributed by atoms with van der Waals surface area (Å²) in [5, 5.41) is 0. The summed E-state index contributed by atoms with van der Waals surface area (Å²) in [6, 6.07) is 5.21. The van der Waals surface area contributed by atoms with Gasteiger partial charge in [-0.25, -0.2) is 0 Å². The predicted molar refractivity (Wildman–Crippen MR) is 129 cm³/mol. The van der Waals surface area contributed by atoms with Gasteiger partial charge in [-0.05, 0) is 0 Å². The van der Waals surface area contributed by atoms with Crippen LogP contribution in [0.5, 0.6) is 0 Å². The maximum atomic E-state index is 13.1. The fourth-order valence-electron chi connectivity index (χ4n) is 4.39. The molecular weight excluding hydrogens is 520 g/mol. The molecule has 0 radical (unpaired) electrons. The molecule has 0 aromatic heterocycles. The Morgan fingerprint density at radius 1 is 0.875 bits per heavy atom. The van der Waals surface area contributed by atoms with Gasteiger partial charge in [0.15, 0.2) is 0 Å². The van der Waals surface area contributed by atoms with Crippen molar-refractivity contribution in [1.82, 2.24) is 0 Å². The van der Waals surface area contributed by atoms with Crippen molar-refractivity contribution in [1.29, 1.82) is 0 Å². The first-order valence-corrected chi connectivity index (χ1v) is 19.7. The second-order valence-corrected chi connectivity index (χ2v) is 22.5. The quantitative estimate of drug-likeness (QED) is 0.129. The van der Waals surface area contributed by atoms with Gasteiger partial charge in [-0.3, -0.25) is 0 Å². The first-order chi connectivity index (χ1) is 15.1. The number of hydrogen-bond donors (Lipinski definition) is 0. The van der Waals surface area contributed by atoms with Crippen LogP contribution < -0.4 is 0 Å². The van der Waals surface area contributed by atoms with E-state index in [-0.39, 0.29) is 5.97 Å². The van der Waals surface area contributed by atoms with Crippen molar-refractivity contribution in [3.63, 3.8) is 0 Å². The fourth-order valence-corrected chi connectivity index (χ4v) is 20.9. The molecule has 1 aromatic carbocycles. The molecule has 6 heteroatoms. The number of ether oxygens (including phenoxy) is 1. The van der Waals surface area contributed by atoms with Crippen molar-refractivity contribution in [3.8, 4) is 0 Å². The Kier molecular flexibility index (Phi) is 13.0. The van der Waals surface area contributed by atoms with E-state index in [2.05, 4.69) is 27.7 Å². The van der Waals surface area contributed by atoms with Crippen molar-refractivity contribution in [3.05, 3.63) is 44.6 Å². The Hall–Kier alpha value is -0.981. The van der Waals surface area contributed by atoms with E-state index in [0.29, 0.717) is 18.6 Å². The molecule has 0 spiro atoms. The van der Waals surface area contributed by atoms with Crippen LogP contribution in [0.2, 0.25) is 13.3 Å². The number of esters is 1. The van der Waals surface area contributed by atoms with Gasteiger partial charge in [0.25, 0.3) is 0 Å². The molecule has 1 rings (SSSR count). The van der Waals surface area contributed by atoms with E-state index >= 15 is 0 Å². The molecule has 32 heavy (non-hydrogen) atoms. The van der Waals surface area contributed by atoms with Crippen LogP contribution >= 0.6 is 0 Å². The van der Waals surface area contributed by atoms with Crippen molar-refractivity contribution in [2.45, 2.75) is 99.1 Å². The Labute approximate surface area is 196 Å². The summed E-state index contributed by atoms with van der Waals surface area (Å²) in [5.74, 6) is -0.296. The number of carbonyl (C=O) groups excluding carboxylic acids is 1. The van der Waals surface area contributed by atoms with Crippen LogP contribution in [0.25, 0.3) is 0 Å². The van der Waals surface area contributed by atoms with Crippen molar-refractivity contribution in [2.75, 3.05) is 6.61 Å². The zero-order chi connectivity index (χ0) is 24.2. The molecule has 0 aliphatic carbocycles. The molecule has 0 amide bonds. The zero-order valence-corrected chi connectivity index (χ0v) is 23.4. The summed E-state index contributed by atoms with van der Waals surface area (Å²) in [6.45, 7) is 10.9. The van der Waals surface area contributed by atoms with Crippen LogP contribution in [0.3, 0.4) is 0 Å². The van der Waals surface area contributed by atoms with Gasteiger partial charge >= 0.3 is 197 Å². The molecule has 2 nitrogen and oxygen atoms in total. The standard InChI is InChI=1S/C14H14F3O2.3C4H9.Sn/c1-3-11(13(18)19-4-2)9-10-5-7-12(8-6-10)14(15,16)17;3*1-3-4-2;/h5-8H,4,9H2,1-2H3;3*1,3-4H2,2H3;. The Bertz CT molecular complexity index is 702. The fraction of sp³-hybridized carbons (Fsp3) is 0.654. The SMILES string of the molecule is CCC[CH2][Sn]([CH2]CCC)([CH2]CCC)/[C](C)=C(/Cc1ccc(C(F)(F)F)cc1)C(=O)OCC. The van der Waals surface area contributed by atoms with Crippen LogP contribution in [0.15, 0.2) is 33.4 Å². The number of benzene rings is 1. The van der Waals surface area contributed by atoms with Crippen LogP contribution in [0, 0.1) is 0 Å². The van der Waals surface area contributed by atoms with Gasteiger partial charge in [-0.2, -0.15) is 0 Å². The summed E-state index contributed by atoms with van der Waals surface area (Å²) in [7, 11) is 0. The predicted octanol–water partition coefficient (Wildman–Crippen LogP) is 8.52. The Balaban J connectivity index is 3.48. The third kappa shape index (κ3) is 8.75. The van der Waals surface area contributed by atoms with Gasteiger partial charge in [-0.15, -0.1) is 0 Å². The average Bonchev–Trinajstić information content (AvgIpc) is 2.76. The number of rotatable bonds is 14. The van der Waals surface area contributed by atoms with Crippen LogP contribution in [-0.4, -0.2) is 31.0 Å². The molecule has 0 aliphatic heterocycles. The molecule has 0 unspecified atom stereocenters. The summed E-state index contributed by atoms with van der Waals surface area (Å²) in [4.78, 5) is 13.1. The van der Waals surface area contributed by atoms with Crippen LogP contribution in [-0.2, 0) is 22.1 Å². The van der Waals surface area contributed by atoms with Crippen molar-refractivity contribution in [2.24, 2.45) is 0 Å². The molecule has 0 aliphatic rings. The van der Waals surface area contributed by atoms with Crippen molar-refractivity contribution >= 4 is 24.3 Å². The van der Waals surface area contributed by atoms with E-state index in [9.17, 15) is 18.0 Å². The number of unbranched alkanes of at least 4 members (excludes halogenated alkanes) is 3. The zero-order valence-electron chi connectivity index (χ0n) is 20.5. The van der Waals surface area contributed by atoms with E-state index in [1.54, 1.807) is 6.92 Å². The van der Waals surface area contributed by atoms with Gasteiger partial charge in [-0.1, -0.05) is 0 Å². The topological polar surface area (TPSA) is 26.3 Å². The molecule has 0 N–H and O–H groups in total. The molecule has 182 valence electrons. The molecule has 0 saturated carbocycles. The molecule has 0 fully saturated rings. The minimum atomic E-state index is -4.36. The molecule has 0 atom stereocenters. The molecular formula is C26H41F3O2Sn. The Morgan fingerprint density at radius 2 is 1.34 bits per heavy atom. The number of allylic oxidation sites excluding steroid dienone is 1. The van der Waals surface area contributed by atoms with Crippen molar-refractivity contribution < 1.29 is 22.7 Å². The summed E-state index contributed by atoms with van der Waals surface area (Å²) in [6.07, 6.45) is 2.92. The van der Waals surface area contributed by atoms with E-state index < -0.39 is 30.1 Å². The molecule has 0 heterocycles. The number of alkyl halides is 3. The van der Waals surface area contributed by atoms with E-state index in [1.165, 1.54) is 48.3 Å². The third-order valence-corrected chi connectivity index (χ3v) is 23.1. The number of halogens is 3. The monoisotopic (exact) mass is 562 g/mol. The van der Waals surface area contributed by atoms with E-state index in [4.69, 9.17) is 4.74 Å². The first-order valence-electron chi connectivity index (χ1n) is 12.2. The van der Waals surface area contributed by atoms with E-state index in [0.717, 1.165) is 37.0 Å². The Morgan fingerprint density at radius 3 is 1.72 bits per heavy atom. The number of carbonyl (C=O) groups is 1. The van der Waals surface area contributed by atoms with Crippen LogP contribution in [0.4, 0.5) is 13.2 Å². The van der Waals surface area contributed by atoms with Gasteiger partial charge in [0, 0.05) is 0 Å². The minimum absolute atomic E-state index is 0.296. The van der Waals surface area contributed by atoms with E-state index in [1.807, 2.05) is 0 Å². The van der Waals surface area contributed by atoms with Gasteiger partial charge in [0.05, 0.1) is 0 Å². The van der Waals surface area contributed by atoms with Crippen LogP contribution in [0.1, 0.15) is 84.3 Å². The number of hydrogen-bond acceptors (Lipinski definition) is 2. The first kappa shape index (κ1) is 29.1. The summed E-state index contributed by atoms with van der Waals surface area (Å²) < 4.78 is 49.3. The van der Waals surface area contributed by atoms with Gasteiger partial charge in [0.2, 0.25) is 0 Å². The maximum absolute atomic E-state index is 13.1. The summed E-state index contributed by atoms with van der Waals surface area (Å²) >= 11 is -2.85. The normalized spacial score (nSPS) is 13.1. The third-order valence-electron chi connectivity index (χ3n) is 6.46. The second kappa shape index (κ2) is 14.3.